The van der Waals surface area contributed by atoms with Crippen LogP contribution in [0, 0.1) is 10.1 Å². The maximum atomic E-state index is 10.9. The largest absolute Gasteiger partial charge is 0.508 e. The van der Waals surface area contributed by atoms with E-state index in [1.165, 1.54) is 12.1 Å². The van der Waals surface area contributed by atoms with Crippen molar-refractivity contribution in [3.63, 3.8) is 0 Å². The lowest BCUT2D eigenvalue weighted by atomic mass is 10.0. The van der Waals surface area contributed by atoms with Crippen molar-refractivity contribution in [3.8, 4) is 22.6 Å². The molecule has 0 spiro atoms. The molecule has 124 valence electrons. The number of non-ortho nitro benzene ring substituents is 1. The Kier molecular flexibility index (Phi) is 4.48. The van der Waals surface area contributed by atoms with Crippen molar-refractivity contribution in [1.29, 1.82) is 0 Å². The lowest BCUT2D eigenvalue weighted by molar-refractivity contribution is -0.384. The number of hydrogen-bond acceptors (Lipinski definition) is 4. The highest BCUT2D eigenvalue weighted by Gasteiger charge is 2.06. The van der Waals surface area contributed by atoms with Crippen LogP contribution in [0.15, 0.2) is 66.7 Å². The van der Waals surface area contributed by atoms with Crippen LogP contribution in [0.1, 0.15) is 11.1 Å². The van der Waals surface area contributed by atoms with Crippen LogP contribution < -0.4 is 0 Å². The average Bonchev–Trinajstić information content (AvgIpc) is 2.60. The molecule has 0 saturated heterocycles. The van der Waals surface area contributed by atoms with Crippen LogP contribution in [-0.2, 0) is 0 Å². The highest BCUT2D eigenvalue weighted by atomic mass is 16.6. The maximum Gasteiger partial charge on any atom is 0.270 e. The summed E-state index contributed by atoms with van der Waals surface area (Å²) in [6, 6.07) is 18.4. The van der Waals surface area contributed by atoms with Gasteiger partial charge < -0.3 is 10.2 Å². The summed E-state index contributed by atoms with van der Waals surface area (Å²) in [6.07, 6.45) is 3.63. The van der Waals surface area contributed by atoms with Crippen LogP contribution in [0.4, 0.5) is 5.69 Å². The van der Waals surface area contributed by atoms with Gasteiger partial charge in [0.1, 0.15) is 11.5 Å². The van der Waals surface area contributed by atoms with E-state index in [9.17, 15) is 20.3 Å². The van der Waals surface area contributed by atoms with E-state index in [1.807, 2.05) is 36.4 Å². The second-order valence-corrected chi connectivity index (χ2v) is 5.55. The number of aromatic hydroxyl groups is 2. The standard InChI is InChI=1S/C20H15NO4/c22-19-10-15(11-20(23)13-19)5-4-14-6-8-16(9-7-14)17-2-1-3-18(12-17)21(24)25/h1-13,22-23H/b5-4+. The molecule has 0 aliphatic rings. The van der Waals surface area contributed by atoms with Gasteiger partial charge in [-0.25, -0.2) is 0 Å². The van der Waals surface area contributed by atoms with Crippen LogP contribution in [0.25, 0.3) is 23.3 Å². The fraction of sp³-hybridized carbons (Fsp3) is 0. The van der Waals surface area contributed by atoms with Gasteiger partial charge in [0.05, 0.1) is 4.92 Å². The fourth-order valence-electron chi connectivity index (χ4n) is 2.49. The molecule has 5 heteroatoms. The molecular formula is C20H15NO4. The van der Waals surface area contributed by atoms with Gasteiger partial charge in [0, 0.05) is 18.2 Å². The van der Waals surface area contributed by atoms with Gasteiger partial charge in [-0.2, -0.15) is 0 Å². The number of benzene rings is 3. The van der Waals surface area contributed by atoms with Crippen LogP contribution in [0.5, 0.6) is 11.5 Å². The molecule has 0 unspecified atom stereocenters. The topological polar surface area (TPSA) is 83.6 Å². The predicted octanol–water partition coefficient (Wildman–Crippen LogP) is 4.84. The first-order chi connectivity index (χ1) is 12.0. The van der Waals surface area contributed by atoms with Gasteiger partial charge in [-0.15, -0.1) is 0 Å². The second kappa shape index (κ2) is 6.88. The molecule has 3 aromatic carbocycles. The molecule has 0 aliphatic heterocycles. The number of hydrogen-bond donors (Lipinski definition) is 2. The van der Waals surface area contributed by atoms with Crippen LogP contribution >= 0.6 is 0 Å². The van der Waals surface area contributed by atoms with Crippen molar-refractivity contribution in [2.75, 3.05) is 0 Å². The number of nitro benzene ring substituents is 1. The second-order valence-electron chi connectivity index (χ2n) is 5.55. The van der Waals surface area contributed by atoms with Gasteiger partial charge >= 0.3 is 0 Å². The Morgan fingerprint density at radius 3 is 2.04 bits per heavy atom. The molecule has 3 aromatic rings. The molecule has 2 N–H and O–H groups in total. The van der Waals surface area contributed by atoms with Crippen LogP contribution in [-0.4, -0.2) is 15.1 Å². The summed E-state index contributed by atoms with van der Waals surface area (Å²) in [5.74, 6) is 0.00124. The molecular weight excluding hydrogens is 318 g/mol. The minimum absolute atomic E-state index is 0.000620. The number of phenolic OH excluding ortho intramolecular Hbond substituents is 2. The number of rotatable bonds is 4. The van der Waals surface area contributed by atoms with E-state index in [0.717, 1.165) is 16.7 Å². The Labute approximate surface area is 144 Å². The molecule has 5 nitrogen and oxygen atoms in total. The molecule has 0 fully saturated rings. The minimum Gasteiger partial charge on any atom is -0.508 e. The molecule has 0 bridgehead atoms. The zero-order valence-corrected chi connectivity index (χ0v) is 13.2. The summed E-state index contributed by atoms with van der Waals surface area (Å²) in [5, 5.41) is 29.8. The third-order valence-electron chi connectivity index (χ3n) is 3.69. The van der Waals surface area contributed by atoms with E-state index in [0.29, 0.717) is 5.56 Å². The summed E-state index contributed by atoms with van der Waals surface area (Å²) in [5.41, 5.74) is 3.33. The summed E-state index contributed by atoms with van der Waals surface area (Å²) in [6.45, 7) is 0. The smallest absolute Gasteiger partial charge is 0.270 e. The summed E-state index contributed by atoms with van der Waals surface area (Å²) in [4.78, 5) is 10.5. The Morgan fingerprint density at radius 2 is 1.40 bits per heavy atom. The van der Waals surface area contributed by atoms with Crippen LogP contribution in [0.3, 0.4) is 0 Å². The SMILES string of the molecule is O=[N+]([O-])c1cccc(-c2ccc(/C=C/c3cc(O)cc(O)c3)cc2)c1. The number of phenols is 2. The minimum atomic E-state index is -0.411. The number of nitro groups is 1. The molecule has 25 heavy (non-hydrogen) atoms. The van der Waals surface area contributed by atoms with E-state index in [4.69, 9.17) is 0 Å². The highest BCUT2D eigenvalue weighted by Crippen LogP contribution is 2.25. The van der Waals surface area contributed by atoms with Crippen LogP contribution in [0.2, 0.25) is 0 Å². The van der Waals surface area contributed by atoms with Gasteiger partial charge in [0.2, 0.25) is 0 Å². The first-order valence-electron chi connectivity index (χ1n) is 7.57. The van der Waals surface area contributed by atoms with Crippen molar-refractivity contribution < 1.29 is 15.1 Å². The molecule has 3 rings (SSSR count). The summed E-state index contributed by atoms with van der Waals surface area (Å²) in [7, 11) is 0. The molecule has 0 atom stereocenters. The van der Waals surface area contributed by atoms with Gasteiger partial charge in [0.25, 0.3) is 5.69 Å². The maximum absolute atomic E-state index is 10.9. The van der Waals surface area contributed by atoms with Crippen molar-refractivity contribution in [1.82, 2.24) is 0 Å². The van der Waals surface area contributed by atoms with Crippen molar-refractivity contribution in [2.45, 2.75) is 0 Å². The van der Waals surface area contributed by atoms with E-state index in [1.54, 1.807) is 30.3 Å². The van der Waals surface area contributed by atoms with Gasteiger partial charge in [-0.05, 0) is 34.4 Å². The first-order valence-corrected chi connectivity index (χ1v) is 7.57. The van der Waals surface area contributed by atoms with Crippen molar-refractivity contribution in [3.05, 3.63) is 88.0 Å². The van der Waals surface area contributed by atoms with Crippen molar-refractivity contribution >= 4 is 17.8 Å². The average molecular weight is 333 g/mol. The summed E-state index contributed by atoms with van der Waals surface area (Å²) < 4.78 is 0. The van der Waals surface area contributed by atoms with E-state index in [2.05, 4.69) is 0 Å². The Morgan fingerprint density at radius 1 is 0.760 bits per heavy atom. The van der Waals surface area contributed by atoms with Gasteiger partial charge in [-0.3, -0.25) is 10.1 Å². The zero-order chi connectivity index (χ0) is 17.8. The lowest BCUT2D eigenvalue weighted by Crippen LogP contribution is -1.88. The third kappa shape index (κ3) is 4.03. The zero-order valence-electron chi connectivity index (χ0n) is 13.2. The molecule has 0 radical (unpaired) electrons. The molecule has 0 amide bonds. The van der Waals surface area contributed by atoms with E-state index >= 15 is 0 Å². The van der Waals surface area contributed by atoms with Gasteiger partial charge in [0.15, 0.2) is 0 Å². The first kappa shape index (κ1) is 16.3. The molecule has 0 aliphatic carbocycles. The van der Waals surface area contributed by atoms with E-state index in [-0.39, 0.29) is 17.2 Å². The summed E-state index contributed by atoms with van der Waals surface area (Å²) >= 11 is 0. The normalized spacial score (nSPS) is 10.9. The fourth-order valence-corrected chi connectivity index (χ4v) is 2.49. The highest BCUT2D eigenvalue weighted by molar-refractivity contribution is 5.73. The molecule has 0 saturated carbocycles. The predicted molar refractivity (Wildman–Crippen MR) is 97.2 cm³/mol. The van der Waals surface area contributed by atoms with Crippen molar-refractivity contribution in [2.24, 2.45) is 0 Å². The Balaban J connectivity index is 1.81. The Bertz CT molecular complexity index is 926. The quantitative estimate of drug-likeness (QED) is 0.406. The lowest BCUT2D eigenvalue weighted by Gasteiger charge is -2.03. The number of nitrogens with zero attached hydrogens (tertiary/aromatic N) is 1. The molecule has 0 aromatic heterocycles. The van der Waals surface area contributed by atoms with Gasteiger partial charge in [-0.1, -0.05) is 48.6 Å². The monoisotopic (exact) mass is 333 g/mol. The van der Waals surface area contributed by atoms with E-state index < -0.39 is 4.92 Å². The molecule has 0 heterocycles. The third-order valence-corrected chi connectivity index (χ3v) is 3.69. The Hall–Kier alpha value is -3.60.